The second kappa shape index (κ2) is 5.16. The Labute approximate surface area is 124 Å². The fraction of sp³-hybridized carbons (Fsp3) is 0.429. The molecule has 0 atom stereocenters. The van der Waals surface area contributed by atoms with Crippen LogP contribution in [0.2, 0.25) is 0 Å². The van der Waals surface area contributed by atoms with Crippen LogP contribution in [0, 0.1) is 0 Å². The number of nitrogens with zero attached hydrogens (tertiary/aromatic N) is 1. The van der Waals surface area contributed by atoms with E-state index in [-0.39, 0.29) is 11.4 Å². The van der Waals surface area contributed by atoms with Crippen LogP contribution >= 0.6 is 0 Å². The van der Waals surface area contributed by atoms with Gasteiger partial charge in [0.25, 0.3) is 0 Å². The molecule has 1 fully saturated rings. The molecule has 7 heteroatoms. The van der Waals surface area contributed by atoms with E-state index in [1.54, 1.807) is 12.1 Å². The smallest absolute Gasteiger partial charge is 0.478 e. The molecule has 0 aromatic carbocycles. The van der Waals surface area contributed by atoms with Crippen LogP contribution in [0.15, 0.2) is 18.2 Å². The lowest BCUT2D eigenvalue weighted by molar-refractivity contribution is 0.00578. The molecule has 0 bridgehead atoms. The van der Waals surface area contributed by atoms with Crippen LogP contribution < -0.4 is 5.73 Å². The number of rotatable bonds is 3. The van der Waals surface area contributed by atoms with Gasteiger partial charge in [-0.15, -0.1) is 0 Å². The maximum Gasteiger partial charge on any atom is 0.487 e. The van der Waals surface area contributed by atoms with Gasteiger partial charge in [0, 0.05) is 11.8 Å². The Hall–Kier alpha value is -1.86. The molecule has 3 N–H and O–H groups in total. The number of pyridine rings is 1. The molecule has 1 aliphatic rings. The monoisotopic (exact) mass is 290 g/mol. The van der Waals surface area contributed by atoms with Crippen LogP contribution in [0.25, 0.3) is 6.08 Å². The van der Waals surface area contributed by atoms with E-state index in [0.29, 0.717) is 5.56 Å². The molecule has 0 saturated carbocycles. The first-order chi connectivity index (χ1) is 9.62. The summed E-state index contributed by atoms with van der Waals surface area (Å²) in [5, 5.41) is 8.96. The largest absolute Gasteiger partial charge is 0.487 e. The van der Waals surface area contributed by atoms with Crippen molar-refractivity contribution in [1.82, 2.24) is 4.98 Å². The molecule has 0 unspecified atom stereocenters. The van der Waals surface area contributed by atoms with E-state index in [0.717, 1.165) is 0 Å². The lowest BCUT2D eigenvalue weighted by Crippen LogP contribution is -2.41. The topological polar surface area (TPSA) is 94.7 Å². The summed E-state index contributed by atoms with van der Waals surface area (Å²) in [6.07, 6.45) is 2.89. The highest BCUT2D eigenvalue weighted by Gasteiger charge is 2.50. The van der Waals surface area contributed by atoms with Crippen molar-refractivity contribution in [2.45, 2.75) is 38.9 Å². The maximum atomic E-state index is 10.9. The van der Waals surface area contributed by atoms with Gasteiger partial charge in [0.05, 0.1) is 16.8 Å². The fourth-order valence-electron chi connectivity index (χ4n) is 1.89. The normalized spacial score (nSPS) is 20.1. The Morgan fingerprint density at radius 1 is 1.33 bits per heavy atom. The van der Waals surface area contributed by atoms with Gasteiger partial charge in [0.2, 0.25) is 0 Å². The summed E-state index contributed by atoms with van der Waals surface area (Å²) in [5.74, 6) is 0.913. The van der Waals surface area contributed by atoms with Gasteiger partial charge >= 0.3 is 13.1 Å². The molecule has 0 spiro atoms. The lowest BCUT2D eigenvalue weighted by atomic mass is 9.89. The third kappa shape index (κ3) is 3.09. The Balaban J connectivity index is 2.20. The summed E-state index contributed by atoms with van der Waals surface area (Å²) in [4.78, 5) is 14.8. The zero-order chi connectivity index (χ0) is 15.8. The van der Waals surface area contributed by atoms with E-state index in [9.17, 15) is 4.79 Å². The van der Waals surface area contributed by atoms with Crippen molar-refractivity contribution in [2.24, 2.45) is 0 Å². The van der Waals surface area contributed by atoms with Crippen LogP contribution in [0.1, 0.15) is 43.6 Å². The Morgan fingerprint density at radius 2 is 1.90 bits per heavy atom. The zero-order valence-electron chi connectivity index (χ0n) is 12.6. The summed E-state index contributed by atoms with van der Waals surface area (Å²) in [6.45, 7) is 7.84. The van der Waals surface area contributed by atoms with E-state index < -0.39 is 24.3 Å². The molecule has 112 valence electrons. The highest BCUT2D eigenvalue weighted by atomic mass is 16.7. The SMILES string of the molecule is CC1(C)OB(/C=C/c2cc(C(=O)O)cnc2N)OC1(C)C. The Bertz CT molecular complexity index is 583. The van der Waals surface area contributed by atoms with Crippen LogP contribution in [0.4, 0.5) is 5.82 Å². The standard InChI is InChI=1S/C14H19BN2O4/c1-13(2)14(3,4)21-15(20-13)6-5-9-7-10(12(18)19)8-17-11(9)16/h5-8H,1-4H3,(H2,16,17)(H,18,19)/b6-5+. The van der Waals surface area contributed by atoms with Gasteiger partial charge in [-0.25, -0.2) is 9.78 Å². The fourth-order valence-corrected chi connectivity index (χ4v) is 1.89. The molecule has 0 aliphatic carbocycles. The van der Waals surface area contributed by atoms with Crippen molar-refractivity contribution in [1.29, 1.82) is 0 Å². The van der Waals surface area contributed by atoms with E-state index in [2.05, 4.69) is 4.98 Å². The van der Waals surface area contributed by atoms with E-state index in [1.165, 1.54) is 12.3 Å². The van der Waals surface area contributed by atoms with Crippen LogP contribution in [-0.2, 0) is 9.31 Å². The molecule has 21 heavy (non-hydrogen) atoms. The molecule has 2 rings (SSSR count). The van der Waals surface area contributed by atoms with E-state index >= 15 is 0 Å². The van der Waals surface area contributed by atoms with Crippen molar-refractivity contribution in [3.63, 3.8) is 0 Å². The minimum Gasteiger partial charge on any atom is -0.478 e. The first-order valence-corrected chi connectivity index (χ1v) is 6.65. The first kappa shape index (κ1) is 15.5. The predicted octanol–water partition coefficient (Wildman–Crippen LogP) is 2.01. The van der Waals surface area contributed by atoms with Gasteiger partial charge in [-0.1, -0.05) is 12.1 Å². The summed E-state index contributed by atoms with van der Waals surface area (Å²) in [5.41, 5.74) is 5.50. The number of hydrogen-bond donors (Lipinski definition) is 2. The number of aromatic nitrogens is 1. The van der Waals surface area contributed by atoms with Crippen LogP contribution in [-0.4, -0.2) is 34.4 Å². The first-order valence-electron chi connectivity index (χ1n) is 6.65. The molecule has 2 heterocycles. The second-order valence-electron chi connectivity index (χ2n) is 5.99. The third-order valence-electron chi connectivity index (χ3n) is 3.90. The molecule has 1 aromatic rings. The number of nitrogen functional groups attached to an aromatic ring is 1. The lowest BCUT2D eigenvalue weighted by Gasteiger charge is -2.32. The summed E-state index contributed by atoms with van der Waals surface area (Å²) in [6, 6.07) is 1.46. The predicted molar refractivity (Wildman–Crippen MR) is 80.7 cm³/mol. The number of hydrogen-bond acceptors (Lipinski definition) is 5. The van der Waals surface area contributed by atoms with Gasteiger partial charge in [0.15, 0.2) is 0 Å². The van der Waals surface area contributed by atoms with Crippen LogP contribution in [0.5, 0.6) is 0 Å². The summed E-state index contributed by atoms with van der Waals surface area (Å²) in [7, 11) is -0.511. The molecule has 1 aliphatic heterocycles. The number of aromatic carboxylic acids is 1. The Morgan fingerprint density at radius 3 is 2.43 bits per heavy atom. The minimum atomic E-state index is -1.05. The highest BCUT2D eigenvalue weighted by molar-refractivity contribution is 6.52. The molecule has 1 saturated heterocycles. The number of carbonyl (C=O) groups is 1. The highest BCUT2D eigenvalue weighted by Crippen LogP contribution is 2.37. The van der Waals surface area contributed by atoms with Crippen molar-refractivity contribution in [2.75, 3.05) is 5.73 Å². The van der Waals surface area contributed by atoms with Crippen LogP contribution in [0.3, 0.4) is 0 Å². The van der Waals surface area contributed by atoms with Crippen molar-refractivity contribution in [3.8, 4) is 0 Å². The second-order valence-corrected chi connectivity index (χ2v) is 5.99. The average molecular weight is 290 g/mol. The van der Waals surface area contributed by atoms with E-state index in [4.69, 9.17) is 20.1 Å². The van der Waals surface area contributed by atoms with Gasteiger partial charge < -0.3 is 20.1 Å². The van der Waals surface area contributed by atoms with E-state index in [1.807, 2.05) is 27.7 Å². The van der Waals surface area contributed by atoms with Crippen molar-refractivity contribution >= 4 is 25.0 Å². The number of carboxylic acid groups (broad SMARTS) is 1. The zero-order valence-corrected chi connectivity index (χ0v) is 12.6. The molecule has 0 amide bonds. The third-order valence-corrected chi connectivity index (χ3v) is 3.90. The number of carboxylic acids is 1. The number of anilines is 1. The molecule has 0 radical (unpaired) electrons. The Kier molecular flexibility index (Phi) is 3.82. The van der Waals surface area contributed by atoms with Gasteiger partial charge in [0.1, 0.15) is 5.82 Å². The summed E-state index contributed by atoms with van der Waals surface area (Å²) < 4.78 is 11.6. The molecular formula is C14H19BN2O4. The summed E-state index contributed by atoms with van der Waals surface area (Å²) >= 11 is 0. The maximum absolute atomic E-state index is 10.9. The average Bonchev–Trinajstić information content (AvgIpc) is 2.56. The minimum absolute atomic E-state index is 0.0813. The van der Waals surface area contributed by atoms with Crippen molar-refractivity contribution < 1.29 is 19.2 Å². The molecule has 1 aromatic heterocycles. The van der Waals surface area contributed by atoms with Gasteiger partial charge in [-0.2, -0.15) is 0 Å². The van der Waals surface area contributed by atoms with Gasteiger partial charge in [-0.3, -0.25) is 0 Å². The van der Waals surface area contributed by atoms with Gasteiger partial charge in [-0.05, 0) is 33.8 Å². The molecule has 6 nitrogen and oxygen atoms in total. The number of nitrogens with two attached hydrogens (primary N) is 1. The molecular weight excluding hydrogens is 271 g/mol. The quantitative estimate of drug-likeness (QED) is 0.827. The van der Waals surface area contributed by atoms with Crippen molar-refractivity contribution in [3.05, 3.63) is 29.4 Å².